The highest BCUT2D eigenvalue weighted by Crippen LogP contribution is 2.27. The maximum absolute atomic E-state index is 5.65. The van der Waals surface area contributed by atoms with E-state index >= 15 is 0 Å². The molecule has 0 aliphatic carbocycles. The summed E-state index contributed by atoms with van der Waals surface area (Å²) in [6.45, 7) is 2.10. The van der Waals surface area contributed by atoms with E-state index in [1.807, 2.05) is 0 Å². The Bertz CT molecular complexity index is 476. The first-order valence-corrected chi connectivity index (χ1v) is 6.72. The molecule has 2 nitrogen and oxygen atoms in total. The third-order valence-corrected chi connectivity index (χ3v) is 4.10. The zero-order chi connectivity index (χ0) is 11.5. The van der Waals surface area contributed by atoms with Gasteiger partial charge in [-0.15, -0.1) is 0 Å². The molecule has 16 heavy (non-hydrogen) atoms. The lowest BCUT2D eigenvalue weighted by molar-refractivity contribution is 0.922. The molecule has 0 radical (unpaired) electrons. The number of nitrogens with two attached hydrogens (primary N) is 1. The predicted octanol–water partition coefficient (Wildman–Crippen LogP) is 3.58. The van der Waals surface area contributed by atoms with E-state index in [9.17, 15) is 0 Å². The molecule has 1 aromatic carbocycles. The van der Waals surface area contributed by atoms with Crippen LogP contribution in [0, 0.1) is 6.92 Å². The number of halogens is 1. The van der Waals surface area contributed by atoms with E-state index in [-0.39, 0.29) is 0 Å². The van der Waals surface area contributed by atoms with Gasteiger partial charge in [-0.1, -0.05) is 41.2 Å². The van der Waals surface area contributed by atoms with E-state index in [4.69, 9.17) is 5.73 Å². The molecule has 0 bridgehead atoms. The van der Waals surface area contributed by atoms with Crippen LogP contribution in [0.15, 0.2) is 28.1 Å². The van der Waals surface area contributed by atoms with Crippen LogP contribution in [0.25, 0.3) is 0 Å². The topological polar surface area (TPSA) is 38.9 Å². The van der Waals surface area contributed by atoms with Gasteiger partial charge in [0.05, 0.1) is 9.48 Å². The number of nitrogens with zero attached hydrogens (tertiary/aromatic N) is 1. The Labute approximate surface area is 108 Å². The van der Waals surface area contributed by atoms with Gasteiger partial charge in [0.25, 0.3) is 0 Å². The van der Waals surface area contributed by atoms with Crippen molar-refractivity contribution in [3.8, 4) is 0 Å². The van der Waals surface area contributed by atoms with Crippen molar-refractivity contribution in [3.05, 3.63) is 44.9 Å². The van der Waals surface area contributed by atoms with Crippen molar-refractivity contribution in [3.63, 3.8) is 0 Å². The summed E-state index contributed by atoms with van der Waals surface area (Å²) < 4.78 is 1.05. The van der Waals surface area contributed by atoms with Crippen molar-refractivity contribution in [1.82, 2.24) is 4.98 Å². The highest BCUT2D eigenvalue weighted by Gasteiger charge is 2.06. The largest absolute Gasteiger partial charge is 0.375 e. The number of thiazole rings is 1. The summed E-state index contributed by atoms with van der Waals surface area (Å²) in [4.78, 5) is 4.29. The summed E-state index contributed by atoms with van der Waals surface area (Å²) in [7, 11) is 0. The first-order chi connectivity index (χ1) is 7.65. The van der Waals surface area contributed by atoms with E-state index in [2.05, 4.69) is 52.1 Å². The smallest absolute Gasteiger partial charge is 0.181 e. The van der Waals surface area contributed by atoms with Gasteiger partial charge in [-0.3, -0.25) is 0 Å². The van der Waals surface area contributed by atoms with Gasteiger partial charge in [0.1, 0.15) is 0 Å². The van der Waals surface area contributed by atoms with Crippen molar-refractivity contribution in [2.75, 3.05) is 5.73 Å². The van der Waals surface area contributed by atoms with Crippen LogP contribution in [-0.4, -0.2) is 4.98 Å². The highest BCUT2D eigenvalue weighted by atomic mass is 79.9. The van der Waals surface area contributed by atoms with Crippen LogP contribution in [0.2, 0.25) is 0 Å². The third kappa shape index (κ3) is 2.83. The van der Waals surface area contributed by atoms with E-state index in [1.165, 1.54) is 22.5 Å². The van der Waals surface area contributed by atoms with Gasteiger partial charge in [0, 0.05) is 0 Å². The van der Waals surface area contributed by atoms with Crippen LogP contribution in [0.1, 0.15) is 16.8 Å². The molecule has 0 amide bonds. The zero-order valence-corrected chi connectivity index (χ0v) is 11.4. The molecular formula is C12H13BrN2S. The second-order valence-corrected chi connectivity index (χ2v) is 6.11. The Morgan fingerprint density at radius 3 is 2.50 bits per heavy atom. The normalized spacial score (nSPS) is 10.6. The highest BCUT2D eigenvalue weighted by molar-refractivity contribution is 9.11. The molecule has 1 aromatic heterocycles. The molecule has 0 aliphatic rings. The van der Waals surface area contributed by atoms with Gasteiger partial charge in [-0.05, 0) is 41.3 Å². The van der Waals surface area contributed by atoms with Crippen molar-refractivity contribution >= 4 is 32.4 Å². The van der Waals surface area contributed by atoms with E-state index in [0.29, 0.717) is 5.13 Å². The van der Waals surface area contributed by atoms with Crippen molar-refractivity contribution in [2.24, 2.45) is 0 Å². The summed E-state index contributed by atoms with van der Waals surface area (Å²) in [5, 5.41) is 0.630. The lowest BCUT2D eigenvalue weighted by atomic mass is 10.1. The molecule has 0 aliphatic heterocycles. The predicted molar refractivity (Wildman–Crippen MR) is 72.8 cm³/mol. The summed E-state index contributed by atoms with van der Waals surface area (Å²) in [5.41, 5.74) is 9.34. The average molecular weight is 297 g/mol. The number of nitrogen functional groups attached to an aromatic ring is 1. The molecule has 1 heterocycles. The molecule has 0 unspecified atom stereocenters. The number of aryl methyl sites for hydroxylation is 3. The molecule has 0 saturated carbocycles. The Balaban J connectivity index is 2.02. The van der Waals surface area contributed by atoms with Crippen molar-refractivity contribution < 1.29 is 0 Å². The number of rotatable bonds is 3. The number of hydrogen-bond donors (Lipinski definition) is 1. The standard InChI is InChI=1S/C12H13BrN2S/c1-8-2-4-9(5-3-8)6-7-10-11(13)16-12(14)15-10/h2-5H,6-7H2,1H3,(H2,14,15). The van der Waals surface area contributed by atoms with Crippen molar-refractivity contribution in [1.29, 1.82) is 0 Å². The fourth-order valence-corrected chi connectivity index (χ4v) is 2.91. The molecule has 4 heteroatoms. The van der Waals surface area contributed by atoms with Crippen LogP contribution in [0.3, 0.4) is 0 Å². The number of benzene rings is 1. The molecule has 0 fully saturated rings. The van der Waals surface area contributed by atoms with E-state index in [0.717, 1.165) is 22.3 Å². The summed E-state index contributed by atoms with van der Waals surface area (Å²) in [5.74, 6) is 0. The van der Waals surface area contributed by atoms with Gasteiger partial charge >= 0.3 is 0 Å². The summed E-state index contributed by atoms with van der Waals surface area (Å²) in [6.07, 6.45) is 1.93. The fraction of sp³-hybridized carbons (Fsp3) is 0.250. The first kappa shape index (κ1) is 11.6. The van der Waals surface area contributed by atoms with Gasteiger partial charge < -0.3 is 5.73 Å². The third-order valence-electron chi connectivity index (χ3n) is 2.44. The molecule has 0 atom stereocenters. The zero-order valence-electron chi connectivity index (χ0n) is 9.03. The van der Waals surface area contributed by atoms with Crippen molar-refractivity contribution in [2.45, 2.75) is 19.8 Å². The second-order valence-electron chi connectivity index (χ2n) is 3.76. The van der Waals surface area contributed by atoms with Gasteiger partial charge in [-0.25, -0.2) is 4.98 Å². The minimum absolute atomic E-state index is 0.630. The molecular weight excluding hydrogens is 284 g/mol. The SMILES string of the molecule is Cc1ccc(CCc2nc(N)sc2Br)cc1. The monoisotopic (exact) mass is 296 g/mol. The quantitative estimate of drug-likeness (QED) is 0.940. The number of anilines is 1. The fourth-order valence-electron chi connectivity index (χ4n) is 1.52. The molecule has 84 valence electrons. The Kier molecular flexibility index (Phi) is 3.61. The van der Waals surface area contributed by atoms with Gasteiger partial charge in [0.2, 0.25) is 0 Å². The van der Waals surface area contributed by atoms with E-state index in [1.54, 1.807) is 0 Å². The minimum Gasteiger partial charge on any atom is -0.375 e. The average Bonchev–Trinajstić information content (AvgIpc) is 2.57. The number of aromatic nitrogens is 1. The molecule has 0 spiro atoms. The first-order valence-electron chi connectivity index (χ1n) is 5.11. The van der Waals surface area contributed by atoms with Crippen LogP contribution in [-0.2, 0) is 12.8 Å². The Morgan fingerprint density at radius 1 is 1.25 bits per heavy atom. The van der Waals surface area contributed by atoms with Crippen LogP contribution < -0.4 is 5.73 Å². The Hall–Kier alpha value is -0.870. The number of hydrogen-bond acceptors (Lipinski definition) is 3. The lowest BCUT2D eigenvalue weighted by Crippen LogP contribution is -1.93. The Morgan fingerprint density at radius 2 is 1.94 bits per heavy atom. The molecule has 2 rings (SSSR count). The van der Waals surface area contributed by atoms with E-state index < -0.39 is 0 Å². The maximum Gasteiger partial charge on any atom is 0.181 e. The second kappa shape index (κ2) is 4.97. The lowest BCUT2D eigenvalue weighted by Gasteiger charge is -2.00. The maximum atomic E-state index is 5.65. The van der Waals surface area contributed by atoms with Gasteiger partial charge in [0.15, 0.2) is 5.13 Å². The minimum atomic E-state index is 0.630. The summed E-state index contributed by atoms with van der Waals surface area (Å²) >= 11 is 4.97. The van der Waals surface area contributed by atoms with Gasteiger partial charge in [-0.2, -0.15) is 0 Å². The summed E-state index contributed by atoms with van der Waals surface area (Å²) in [6, 6.07) is 8.61. The van der Waals surface area contributed by atoms with Crippen LogP contribution in [0.4, 0.5) is 5.13 Å². The van der Waals surface area contributed by atoms with Crippen LogP contribution >= 0.6 is 27.3 Å². The van der Waals surface area contributed by atoms with Crippen LogP contribution in [0.5, 0.6) is 0 Å². The molecule has 0 saturated heterocycles. The molecule has 2 N–H and O–H groups in total. The molecule has 2 aromatic rings.